The van der Waals surface area contributed by atoms with Crippen molar-refractivity contribution in [1.29, 1.82) is 0 Å². The van der Waals surface area contributed by atoms with Crippen molar-refractivity contribution in [2.75, 3.05) is 0 Å². The van der Waals surface area contributed by atoms with Crippen LogP contribution in [0.5, 0.6) is 0 Å². The summed E-state index contributed by atoms with van der Waals surface area (Å²) in [6.07, 6.45) is -0.383. The number of hydrogen-bond donors (Lipinski definition) is 4. The highest BCUT2D eigenvalue weighted by Crippen LogP contribution is 2.13. The number of amides is 4. The molecular weight excluding hydrogens is 596 g/mol. The Kier molecular flexibility index (Phi) is 16.6. The summed E-state index contributed by atoms with van der Waals surface area (Å²) in [4.78, 5) is 87.9. The number of carbonyl (C=O) groups excluding carboxylic acids is 7. The molecule has 0 radical (unpaired) electrons. The van der Waals surface area contributed by atoms with Crippen molar-refractivity contribution in [2.45, 2.75) is 117 Å². The molecule has 46 heavy (non-hydrogen) atoms. The van der Waals surface area contributed by atoms with Gasteiger partial charge in [0.15, 0.2) is 6.29 Å². The zero-order chi connectivity index (χ0) is 35.0. The van der Waals surface area contributed by atoms with Crippen molar-refractivity contribution in [1.82, 2.24) is 21.3 Å². The second-order valence-electron chi connectivity index (χ2n) is 12.7. The maximum Gasteiger partial charge on any atom is 0.408 e. The standard InChI is InChI=1S/C33H50N4O9/c1-9-21(4)28(37-32(44)45-19-23-13-11-10-12-14-23)31(43)35-24(15-16-27(40)46-33(6,7)8)30(42)34-22(5)29(41)36-25(17-20(2)3)26(39)18-38/h10-14,18,20-22,24-25,28H,9,15-17,19H2,1-8H3,(H,34,42)(H,35,43)(H,36,41)(H,37,44)/t21-,22-,24-,25-,28-/m0/s1. The van der Waals surface area contributed by atoms with Crippen molar-refractivity contribution in [3.8, 4) is 0 Å². The summed E-state index contributed by atoms with van der Waals surface area (Å²) in [5, 5.41) is 10.2. The van der Waals surface area contributed by atoms with Gasteiger partial charge < -0.3 is 30.7 Å². The molecule has 5 atom stereocenters. The van der Waals surface area contributed by atoms with E-state index in [-0.39, 0.29) is 44.0 Å². The van der Waals surface area contributed by atoms with Crippen LogP contribution in [0.25, 0.3) is 0 Å². The molecular formula is C33H50N4O9. The predicted molar refractivity (Wildman–Crippen MR) is 170 cm³/mol. The van der Waals surface area contributed by atoms with Crippen LogP contribution in [0, 0.1) is 11.8 Å². The van der Waals surface area contributed by atoms with E-state index in [4.69, 9.17) is 9.47 Å². The Morgan fingerprint density at radius 1 is 0.826 bits per heavy atom. The summed E-state index contributed by atoms with van der Waals surface area (Å²) < 4.78 is 10.6. The molecule has 0 aromatic heterocycles. The normalized spacial score (nSPS) is 14.5. The number of ketones is 1. The molecule has 0 bridgehead atoms. The number of alkyl carbamates (subject to hydrolysis) is 1. The van der Waals surface area contributed by atoms with Gasteiger partial charge in [0.1, 0.15) is 30.3 Å². The summed E-state index contributed by atoms with van der Waals surface area (Å²) >= 11 is 0. The first-order valence-electron chi connectivity index (χ1n) is 15.6. The molecule has 0 unspecified atom stereocenters. The molecule has 13 heteroatoms. The van der Waals surface area contributed by atoms with Gasteiger partial charge in [0.05, 0.1) is 6.04 Å². The number of nitrogens with one attached hydrogen (secondary N) is 4. The number of benzene rings is 1. The SMILES string of the molecule is CC[C@H](C)[C@H](NC(=O)OCc1ccccc1)C(=O)N[C@@H](CCC(=O)OC(C)(C)C)C(=O)N[C@@H](C)C(=O)N[C@@H](CC(C)C)C(=O)C=O. The number of Topliss-reactive ketones (excluding diaryl/α,β-unsaturated/α-hetero) is 1. The maximum atomic E-state index is 13.5. The van der Waals surface area contributed by atoms with Crippen LogP contribution < -0.4 is 21.3 Å². The van der Waals surface area contributed by atoms with E-state index in [1.54, 1.807) is 52.0 Å². The molecule has 0 heterocycles. The van der Waals surface area contributed by atoms with Gasteiger partial charge in [0.25, 0.3) is 0 Å². The van der Waals surface area contributed by atoms with Gasteiger partial charge in [-0.25, -0.2) is 4.79 Å². The van der Waals surface area contributed by atoms with Crippen LogP contribution in [0.4, 0.5) is 4.79 Å². The Morgan fingerprint density at radius 2 is 1.43 bits per heavy atom. The van der Waals surface area contributed by atoms with Gasteiger partial charge in [-0.2, -0.15) is 0 Å². The average molecular weight is 647 g/mol. The Hall–Kier alpha value is -4.29. The van der Waals surface area contributed by atoms with Crippen molar-refractivity contribution >= 4 is 41.9 Å². The zero-order valence-electron chi connectivity index (χ0n) is 28.1. The molecule has 0 aliphatic rings. The average Bonchev–Trinajstić information content (AvgIpc) is 2.98. The minimum absolute atomic E-state index is 0.00534. The van der Waals surface area contributed by atoms with Gasteiger partial charge in [0.2, 0.25) is 23.5 Å². The van der Waals surface area contributed by atoms with E-state index in [0.717, 1.165) is 5.56 Å². The number of carbonyl (C=O) groups is 7. The van der Waals surface area contributed by atoms with Crippen molar-refractivity contribution in [3.63, 3.8) is 0 Å². The molecule has 13 nitrogen and oxygen atoms in total. The summed E-state index contributed by atoms with van der Waals surface area (Å²) in [7, 11) is 0. The van der Waals surface area contributed by atoms with E-state index in [1.807, 2.05) is 26.8 Å². The number of ether oxygens (including phenoxy) is 2. The third-order valence-corrected chi connectivity index (χ3v) is 6.91. The largest absolute Gasteiger partial charge is 0.460 e. The first-order chi connectivity index (χ1) is 21.5. The summed E-state index contributed by atoms with van der Waals surface area (Å²) in [5.74, 6) is -3.96. The fourth-order valence-electron chi connectivity index (χ4n) is 4.25. The lowest BCUT2D eigenvalue weighted by Crippen LogP contribution is -2.58. The Balaban J connectivity index is 3.09. The Morgan fingerprint density at radius 3 is 1.98 bits per heavy atom. The number of esters is 1. The van der Waals surface area contributed by atoms with Gasteiger partial charge in [-0.15, -0.1) is 0 Å². The molecule has 0 aliphatic heterocycles. The van der Waals surface area contributed by atoms with Gasteiger partial charge in [-0.05, 0) is 57.9 Å². The van der Waals surface area contributed by atoms with Crippen molar-refractivity contribution in [2.24, 2.45) is 11.8 Å². The molecule has 0 aliphatic carbocycles. The Bertz CT molecular complexity index is 1200. The summed E-state index contributed by atoms with van der Waals surface area (Å²) in [6, 6.07) is 4.38. The van der Waals surface area contributed by atoms with Crippen molar-refractivity contribution in [3.05, 3.63) is 35.9 Å². The molecule has 0 fully saturated rings. The molecule has 1 rings (SSSR count). The third kappa shape index (κ3) is 15.1. The lowest BCUT2D eigenvalue weighted by molar-refractivity contribution is -0.155. The fraction of sp³-hybridized carbons (Fsp3) is 0.606. The Labute approximate surface area is 271 Å². The van der Waals surface area contributed by atoms with Gasteiger partial charge >= 0.3 is 12.1 Å². The quantitative estimate of drug-likeness (QED) is 0.106. The molecule has 256 valence electrons. The lowest BCUT2D eigenvalue weighted by atomic mass is 9.97. The highest BCUT2D eigenvalue weighted by Gasteiger charge is 2.32. The van der Waals surface area contributed by atoms with Crippen LogP contribution >= 0.6 is 0 Å². The minimum Gasteiger partial charge on any atom is -0.460 e. The van der Waals surface area contributed by atoms with Crippen LogP contribution in [0.2, 0.25) is 0 Å². The summed E-state index contributed by atoms with van der Waals surface area (Å²) in [5.41, 5.74) is -0.0211. The minimum atomic E-state index is -1.30. The molecule has 1 aromatic carbocycles. The van der Waals surface area contributed by atoms with Crippen LogP contribution in [0.15, 0.2) is 30.3 Å². The van der Waals surface area contributed by atoms with E-state index in [2.05, 4.69) is 21.3 Å². The molecule has 1 aromatic rings. The topological polar surface area (TPSA) is 186 Å². The smallest absolute Gasteiger partial charge is 0.408 e. The van der Waals surface area contributed by atoms with Gasteiger partial charge in [-0.1, -0.05) is 64.4 Å². The molecule has 0 spiro atoms. The molecule has 4 amide bonds. The molecule has 4 N–H and O–H groups in total. The van der Waals surface area contributed by atoms with Crippen LogP contribution in [-0.4, -0.2) is 71.6 Å². The number of aldehydes is 1. The first kappa shape index (κ1) is 39.7. The molecule has 0 saturated carbocycles. The van der Waals surface area contributed by atoms with E-state index in [1.165, 1.54) is 6.92 Å². The van der Waals surface area contributed by atoms with E-state index >= 15 is 0 Å². The van der Waals surface area contributed by atoms with E-state index in [0.29, 0.717) is 6.42 Å². The highest BCUT2D eigenvalue weighted by atomic mass is 16.6. The van der Waals surface area contributed by atoms with E-state index in [9.17, 15) is 33.6 Å². The maximum absolute atomic E-state index is 13.5. The van der Waals surface area contributed by atoms with Crippen molar-refractivity contribution < 1.29 is 43.0 Å². The number of hydrogen-bond acceptors (Lipinski definition) is 9. The van der Waals surface area contributed by atoms with E-state index < -0.39 is 65.3 Å². The fourth-order valence-corrected chi connectivity index (χ4v) is 4.25. The van der Waals surface area contributed by atoms with Gasteiger partial charge in [-0.3, -0.25) is 28.8 Å². The van der Waals surface area contributed by atoms with Crippen LogP contribution in [0.3, 0.4) is 0 Å². The first-order valence-corrected chi connectivity index (χ1v) is 15.6. The predicted octanol–water partition coefficient (Wildman–Crippen LogP) is 2.74. The zero-order valence-corrected chi connectivity index (χ0v) is 28.1. The monoisotopic (exact) mass is 646 g/mol. The number of rotatable bonds is 18. The third-order valence-electron chi connectivity index (χ3n) is 6.91. The van der Waals surface area contributed by atoms with Crippen LogP contribution in [-0.2, 0) is 44.8 Å². The second-order valence-corrected chi connectivity index (χ2v) is 12.7. The molecule has 0 saturated heterocycles. The van der Waals surface area contributed by atoms with Gasteiger partial charge in [0, 0.05) is 6.42 Å². The second kappa shape index (κ2) is 19.3. The lowest BCUT2D eigenvalue weighted by Gasteiger charge is -2.27. The highest BCUT2D eigenvalue weighted by molar-refractivity contribution is 6.28. The van der Waals surface area contributed by atoms with Crippen LogP contribution in [0.1, 0.15) is 86.6 Å². The summed E-state index contributed by atoms with van der Waals surface area (Å²) in [6.45, 7) is 13.7.